The molecule has 3 N–H and O–H groups in total. The van der Waals surface area contributed by atoms with Crippen LogP contribution in [0.2, 0.25) is 0 Å². The van der Waals surface area contributed by atoms with Crippen LogP contribution in [0.15, 0.2) is 18.2 Å². The molecule has 1 fully saturated rings. The predicted molar refractivity (Wildman–Crippen MR) is 74.7 cm³/mol. The van der Waals surface area contributed by atoms with Crippen LogP contribution in [0.3, 0.4) is 0 Å². The van der Waals surface area contributed by atoms with E-state index in [1.54, 1.807) is 6.92 Å². The van der Waals surface area contributed by atoms with Crippen molar-refractivity contribution in [3.05, 3.63) is 35.4 Å². The van der Waals surface area contributed by atoms with Crippen molar-refractivity contribution in [2.24, 2.45) is 0 Å². The van der Waals surface area contributed by atoms with Crippen molar-refractivity contribution in [2.45, 2.75) is 44.2 Å². The summed E-state index contributed by atoms with van der Waals surface area (Å²) in [6.07, 6.45) is 3.23. The molecule has 0 aliphatic heterocycles. The number of carbonyl (C=O) groups is 1. The summed E-state index contributed by atoms with van der Waals surface area (Å²) in [6.45, 7) is 1.74. The third-order valence-electron chi connectivity index (χ3n) is 3.91. The Bertz CT molecular complexity index is 516. The number of hydrogen-bond donors (Lipinski definition) is 3. The van der Waals surface area contributed by atoms with Crippen molar-refractivity contribution in [3.8, 4) is 0 Å². The van der Waals surface area contributed by atoms with Crippen LogP contribution >= 0.6 is 0 Å². The first kappa shape index (κ1) is 15.7. The van der Waals surface area contributed by atoms with Crippen LogP contribution in [0.4, 0.5) is 13.6 Å². The van der Waals surface area contributed by atoms with E-state index >= 15 is 0 Å². The molecule has 1 aromatic rings. The highest BCUT2D eigenvalue weighted by Crippen LogP contribution is 2.28. The quantitative estimate of drug-likeness (QED) is 0.800. The van der Waals surface area contributed by atoms with Crippen LogP contribution in [0, 0.1) is 11.6 Å². The fraction of sp³-hybridized carbons (Fsp3) is 0.533. The number of halogens is 2. The molecule has 21 heavy (non-hydrogen) atoms. The van der Waals surface area contributed by atoms with Crippen LogP contribution in [-0.2, 0) is 0 Å². The van der Waals surface area contributed by atoms with Crippen LogP contribution in [0.25, 0.3) is 0 Å². The van der Waals surface area contributed by atoms with Gasteiger partial charge in [-0.2, -0.15) is 0 Å². The van der Waals surface area contributed by atoms with Crippen molar-refractivity contribution in [2.75, 3.05) is 6.54 Å². The topological polar surface area (TPSA) is 61.4 Å². The summed E-state index contributed by atoms with van der Waals surface area (Å²) < 4.78 is 26.8. The average Bonchev–Trinajstić information content (AvgIpc) is 2.87. The lowest BCUT2D eigenvalue weighted by Gasteiger charge is -2.23. The summed E-state index contributed by atoms with van der Waals surface area (Å²) in [5.41, 5.74) is -0.755. The Morgan fingerprint density at radius 3 is 2.71 bits per heavy atom. The van der Waals surface area contributed by atoms with Crippen molar-refractivity contribution in [1.29, 1.82) is 0 Å². The summed E-state index contributed by atoms with van der Waals surface area (Å²) in [5, 5.41) is 15.2. The van der Waals surface area contributed by atoms with Crippen LogP contribution in [0.5, 0.6) is 0 Å². The fourth-order valence-corrected chi connectivity index (χ4v) is 2.64. The van der Waals surface area contributed by atoms with Gasteiger partial charge >= 0.3 is 6.03 Å². The molecular formula is C15H20F2N2O2. The van der Waals surface area contributed by atoms with E-state index in [4.69, 9.17) is 0 Å². The molecule has 6 heteroatoms. The van der Waals surface area contributed by atoms with Crippen molar-refractivity contribution < 1.29 is 18.7 Å². The van der Waals surface area contributed by atoms with Gasteiger partial charge in [-0.15, -0.1) is 0 Å². The second-order valence-electron chi connectivity index (χ2n) is 5.62. The number of hydrogen-bond acceptors (Lipinski definition) is 2. The van der Waals surface area contributed by atoms with Crippen molar-refractivity contribution in [3.63, 3.8) is 0 Å². The van der Waals surface area contributed by atoms with Gasteiger partial charge in [-0.1, -0.05) is 25.0 Å². The van der Waals surface area contributed by atoms with Gasteiger partial charge in [-0.05, 0) is 25.8 Å². The molecule has 2 amide bonds. The summed E-state index contributed by atoms with van der Waals surface area (Å²) in [4.78, 5) is 11.8. The second-order valence-corrected chi connectivity index (χ2v) is 5.62. The normalized spacial score (nSPS) is 18.3. The van der Waals surface area contributed by atoms with E-state index in [1.807, 2.05) is 0 Å². The van der Waals surface area contributed by atoms with E-state index in [0.29, 0.717) is 12.8 Å². The molecule has 0 bridgehead atoms. The van der Waals surface area contributed by atoms with E-state index in [2.05, 4.69) is 10.6 Å². The average molecular weight is 298 g/mol. The lowest BCUT2D eigenvalue weighted by Crippen LogP contribution is -2.45. The third-order valence-corrected chi connectivity index (χ3v) is 3.91. The molecule has 0 saturated heterocycles. The number of carbonyl (C=O) groups excluding carboxylic acids is 1. The minimum absolute atomic E-state index is 0.0877. The minimum atomic E-state index is -0.959. The maximum Gasteiger partial charge on any atom is 0.315 e. The summed E-state index contributed by atoms with van der Waals surface area (Å²) >= 11 is 0. The van der Waals surface area contributed by atoms with Gasteiger partial charge in [-0.25, -0.2) is 13.6 Å². The van der Waals surface area contributed by atoms with Gasteiger partial charge in [0.1, 0.15) is 0 Å². The second kappa shape index (κ2) is 6.39. The molecule has 4 nitrogen and oxygen atoms in total. The summed E-state index contributed by atoms with van der Waals surface area (Å²) in [6, 6.07) is 2.67. The van der Waals surface area contributed by atoms with E-state index in [9.17, 15) is 18.7 Å². The van der Waals surface area contributed by atoms with Gasteiger partial charge in [0.15, 0.2) is 11.6 Å². The van der Waals surface area contributed by atoms with Crippen molar-refractivity contribution >= 4 is 6.03 Å². The fourth-order valence-electron chi connectivity index (χ4n) is 2.64. The van der Waals surface area contributed by atoms with Gasteiger partial charge in [-0.3, -0.25) is 0 Å². The smallest absolute Gasteiger partial charge is 0.315 e. The first-order valence-electron chi connectivity index (χ1n) is 7.12. The maximum atomic E-state index is 13.6. The molecule has 1 aromatic carbocycles. The number of aliphatic hydroxyl groups is 1. The van der Waals surface area contributed by atoms with E-state index < -0.39 is 29.3 Å². The first-order valence-corrected chi connectivity index (χ1v) is 7.12. The van der Waals surface area contributed by atoms with E-state index in [-0.39, 0.29) is 12.1 Å². The number of nitrogens with one attached hydrogen (secondary N) is 2. The van der Waals surface area contributed by atoms with E-state index in [1.165, 1.54) is 12.1 Å². The molecule has 1 unspecified atom stereocenters. The molecule has 1 aliphatic carbocycles. The molecular weight excluding hydrogens is 278 g/mol. The molecule has 2 rings (SSSR count). The SMILES string of the molecule is CC(NC(=O)NCC1(O)CCCC1)c1cccc(F)c1F. The van der Waals surface area contributed by atoms with Gasteiger partial charge < -0.3 is 15.7 Å². The molecule has 116 valence electrons. The zero-order valence-electron chi connectivity index (χ0n) is 12.0. The lowest BCUT2D eigenvalue weighted by molar-refractivity contribution is 0.0500. The number of benzene rings is 1. The Balaban J connectivity index is 1.88. The Hall–Kier alpha value is -1.69. The highest BCUT2D eigenvalue weighted by molar-refractivity contribution is 5.74. The minimum Gasteiger partial charge on any atom is -0.388 e. The van der Waals surface area contributed by atoms with Crippen LogP contribution in [0.1, 0.15) is 44.2 Å². The lowest BCUT2D eigenvalue weighted by atomic mass is 10.0. The Kier molecular flexibility index (Phi) is 4.77. The van der Waals surface area contributed by atoms with Gasteiger partial charge in [0.2, 0.25) is 0 Å². The summed E-state index contributed by atoms with van der Waals surface area (Å²) in [7, 11) is 0. The largest absolute Gasteiger partial charge is 0.388 e. The Labute approximate surface area is 122 Å². The zero-order valence-corrected chi connectivity index (χ0v) is 12.0. The Morgan fingerprint density at radius 2 is 2.05 bits per heavy atom. The summed E-state index contributed by atoms with van der Waals surface area (Å²) in [5.74, 6) is -1.90. The number of urea groups is 1. The van der Waals surface area contributed by atoms with Crippen LogP contribution in [-0.4, -0.2) is 23.3 Å². The zero-order chi connectivity index (χ0) is 15.5. The van der Waals surface area contributed by atoms with Crippen molar-refractivity contribution in [1.82, 2.24) is 10.6 Å². The molecule has 1 atom stereocenters. The number of amides is 2. The first-order chi connectivity index (χ1) is 9.91. The molecule has 0 spiro atoms. The molecule has 1 saturated carbocycles. The molecule has 1 aliphatic rings. The third kappa shape index (κ3) is 3.91. The standard InChI is InChI=1S/C15H20F2N2O2/c1-10(11-5-4-6-12(16)13(11)17)19-14(20)18-9-15(21)7-2-3-8-15/h4-6,10,21H,2-3,7-9H2,1H3,(H2,18,19,20). The van der Waals surface area contributed by atoms with Gasteiger partial charge in [0, 0.05) is 12.1 Å². The number of rotatable bonds is 4. The van der Waals surface area contributed by atoms with Gasteiger partial charge in [0.25, 0.3) is 0 Å². The maximum absolute atomic E-state index is 13.6. The highest BCUT2D eigenvalue weighted by Gasteiger charge is 2.31. The monoisotopic (exact) mass is 298 g/mol. The molecule has 0 heterocycles. The van der Waals surface area contributed by atoms with Crippen LogP contribution < -0.4 is 10.6 Å². The van der Waals surface area contributed by atoms with Gasteiger partial charge in [0.05, 0.1) is 11.6 Å². The molecule has 0 aromatic heterocycles. The highest BCUT2D eigenvalue weighted by atomic mass is 19.2. The predicted octanol–water partition coefficient (Wildman–Crippen LogP) is 2.63. The molecule has 0 radical (unpaired) electrons. The van der Waals surface area contributed by atoms with E-state index in [0.717, 1.165) is 18.9 Å². The Morgan fingerprint density at radius 1 is 1.38 bits per heavy atom.